The van der Waals surface area contributed by atoms with E-state index >= 15 is 0 Å². The molecular weight excluding hydrogens is 266 g/mol. The molecule has 0 spiro atoms. The third-order valence-electron chi connectivity index (χ3n) is 2.90. The Morgan fingerprint density at radius 2 is 1.81 bits per heavy atom. The Kier molecular flexibility index (Phi) is 8.16. The minimum atomic E-state index is 0.224. The lowest BCUT2D eigenvalue weighted by Crippen LogP contribution is -2.19. The number of nitrogens with one attached hydrogen (secondary N) is 1. The van der Waals surface area contributed by atoms with Gasteiger partial charge in [-0.3, -0.25) is 0 Å². The smallest absolute Gasteiger partial charge is 0.161 e. The van der Waals surface area contributed by atoms with E-state index in [0.717, 1.165) is 24.6 Å². The van der Waals surface area contributed by atoms with Crippen LogP contribution in [0.2, 0.25) is 0 Å². The van der Waals surface area contributed by atoms with Gasteiger partial charge in [-0.15, -0.1) is 0 Å². The van der Waals surface area contributed by atoms with Gasteiger partial charge in [0.15, 0.2) is 11.5 Å². The zero-order valence-corrected chi connectivity index (χ0v) is 13.9. The number of hydrogen-bond acceptors (Lipinski definition) is 4. The molecule has 0 saturated heterocycles. The molecule has 0 aliphatic carbocycles. The molecule has 0 unspecified atom stereocenters. The van der Waals surface area contributed by atoms with Crippen molar-refractivity contribution in [2.24, 2.45) is 5.92 Å². The molecule has 0 aromatic heterocycles. The van der Waals surface area contributed by atoms with Crippen molar-refractivity contribution in [3.63, 3.8) is 0 Å². The molecule has 1 rings (SSSR count). The Morgan fingerprint density at radius 1 is 1.05 bits per heavy atom. The molecule has 21 heavy (non-hydrogen) atoms. The quantitative estimate of drug-likeness (QED) is 0.673. The maximum atomic E-state index is 5.77. The first-order valence-electron chi connectivity index (χ1n) is 7.65. The Labute approximate surface area is 128 Å². The van der Waals surface area contributed by atoms with Crippen molar-refractivity contribution in [2.45, 2.75) is 40.3 Å². The van der Waals surface area contributed by atoms with Gasteiger partial charge in [-0.05, 0) is 44.0 Å². The van der Waals surface area contributed by atoms with E-state index in [1.807, 2.05) is 26.0 Å². The average Bonchev–Trinajstić information content (AvgIpc) is 2.43. The molecule has 1 N–H and O–H groups in total. The van der Waals surface area contributed by atoms with Crippen molar-refractivity contribution in [1.82, 2.24) is 5.32 Å². The fourth-order valence-electron chi connectivity index (χ4n) is 1.88. The van der Waals surface area contributed by atoms with Gasteiger partial charge in [-0.25, -0.2) is 0 Å². The second-order valence-corrected chi connectivity index (χ2v) is 5.78. The van der Waals surface area contributed by atoms with Crippen molar-refractivity contribution in [1.29, 1.82) is 0 Å². The third-order valence-corrected chi connectivity index (χ3v) is 2.90. The summed E-state index contributed by atoms with van der Waals surface area (Å²) >= 11 is 0. The summed E-state index contributed by atoms with van der Waals surface area (Å²) in [5, 5.41) is 3.43. The van der Waals surface area contributed by atoms with Crippen LogP contribution in [0.3, 0.4) is 0 Å². The summed E-state index contributed by atoms with van der Waals surface area (Å²) in [4.78, 5) is 0. The lowest BCUT2D eigenvalue weighted by Gasteiger charge is -2.14. The SMILES string of the molecule is COc1ccc(CNCC(C)C)cc1OCCOC(C)C. The first-order chi connectivity index (χ1) is 10.0. The molecule has 0 fully saturated rings. The van der Waals surface area contributed by atoms with Gasteiger partial charge in [0.25, 0.3) is 0 Å². The lowest BCUT2D eigenvalue weighted by molar-refractivity contribution is 0.0546. The van der Waals surface area contributed by atoms with Gasteiger partial charge < -0.3 is 19.5 Å². The molecule has 0 saturated carbocycles. The van der Waals surface area contributed by atoms with E-state index < -0.39 is 0 Å². The second kappa shape index (κ2) is 9.64. The molecule has 0 heterocycles. The topological polar surface area (TPSA) is 39.7 Å². The van der Waals surface area contributed by atoms with Crippen LogP contribution in [0.5, 0.6) is 11.5 Å². The van der Waals surface area contributed by atoms with Crippen LogP contribution in [0.4, 0.5) is 0 Å². The summed E-state index contributed by atoms with van der Waals surface area (Å²) in [7, 11) is 1.66. The van der Waals surface area contributed by atoms with Crippen molar-refractivity contribution < 1.29 is 14.2 Å². The van der Waals surface area contributed by atoms with Crippen molar-refractivity contribution >= 4 is 0 Å². The van der Waals surface area contributed by atoms with Crippen LogP contribution in [0.15, 0.2) is 18.2 Å². The van der Waals surface area contributed by atoms with Gasteiger partial charge in [0.2, 0.25) is 0 Å². The van der Waals surface area contributed by atoms with E-state index in [4.69, 9.17) is 14.2 Å². The van der Waals surface area contributed by atoms with Crippen LogP contribution in [0.1, 0.15) is 33.3 Å². The molecule has 1 aromatic carbocycles. The summed E-state index contributed by atoms with van der Waals surface area (Å²) in [6.07, 6.45) is 0.224. The van der Waals surface area contributed by atoms with Gasteiger partial charge in [0.1, 0.15) is 6.61 Å². The Balaban J connectivity index is 2.54. The van der Waals surface area contributed by atoms with Gasteiger partial charge in [-0.2, -0.15) is 0 Å². The standard InChI is InChI=1S/C17H29NO3/c1-13(2)11-18-12-15-6-7-16(19-5)17(10-15)21-9-8-20-14(3)4/h6-7,10,13-14,18H,8-9,11-12H2,1-5H3. The normalized spacial score (nSPS) is 11.2. The average molecular weight is 295 g/mol. The molecule has 0 aliphatic rings. The summed E-state index contributed by atoms with van der Waals surface area (Å²) in [6, 6.07) is 6.04. The maximum Gasteiger partial charge on any atom is 0.161 e. The minimum Gasteiger partial charge on any atom is -0.493 e. The number of hydrogen-bond donors (Lipinski definition) is 1. The summed E-state index contributed by atoms with van der Waals surface area (Å²) in [5.74, 6) is 2.17. The van der Waals surface area contributed by atoms with E-state index in [-0.39, 0.29) is 6.10 Å². The van der Waals surface area contributed by atoms with Gasteiger partial charge in [0.05, 0.1) is 19.8 Å². The summed E-state index contributed by atoms with van der Waals surface area (Å²) in [5.41, 5.74) is 1.19. The molecule has 0 atom stereocenters. The zero-order valence-electron chi connectivity index (χ0n) is 13.9. The van der Waals surface area contributed by atoms with E-state index in [1.165, 1.54) is 5.56 Å². The molecule has 4 nitrogen and oxygen atoms in total. The fourth-order valence-corrected chi connectivity index (χ4v) is 1.88. The Bertz CT molecular complexity index is 405. The molecular formula is C17H29NO3. The summed E-state index contributed by atoms with van der Waals surface area (Å²) < 4.78 is 16.6. The van der Waals surface area contributed by atoms with E-state index in [1.54, 1.807) is 7.11 Å². The molecule has 0 bridgehead atoms. The van der Waals surface area contributed by atoms with Crippen LogP contribution in [0, 0.1) is 5.92 Å². The monoisotopic (exact) mass is 295 g/mol. The first kappa shape index (κ1) is 17.8. The predicted molar refractivity (Wildman–Crippen MR) is 86.1 cm³/mol. The van der Waals surface area contributed by atoms with Crippen molar-refractivity contribution in [3.05, 3.63) is 23.8 Å². The maximum absolute atomic E-state index is 5.77. The highest BCUT2D eigenvalue weighted by molar-refractivity contribution is 5.42. The van der Waals surface area contributed by atoms with Crippen LogP contribution < -0.4 is 14.8 Å². The van der Waals surface area contributed by atoms with Crippen LogP contribution >= 0.6 is 0 Å². The Morgan fingerprint density at radius 3 is 2.43 bits per heavy atom. The van der Waals surface area contributed by atoms with Gasteiger partial charge in [0, 0.05) is 6.54 Å². The van der Waals surface area contributed by atoms with E-state index in [0.29, 0.717) is 19.1 Å². The highest BCUT2D eigenvalue weighted by Crippen LogP contribution is 2.28. The Hall–Kier alpha value is -1.26. The van der Waals surface area contributed by atoms with Crippen LogP contribution in [-0.4, -0.2) is 33.0 Å². The fraction of sp³-hybridized carbons (Fsp3) is 0.647. The number of methoxy groups -OCH3 is 1. The third kappa shape index (κ3) is 7.34. The van der Waals surface area contributed by atoms with Gasteiger partial charge >= 0.3 is 0 Å². The van der Waals surface area contributed by atoms with Crippen LogP contribution in [-0.2, 0) is 11.3 Å². The number of ether oxygens (including phenoxy) is 3. The summed E-state index contributed by atoms with van der Waals surface area (Å²) in [6.45, 7) is 11.4. The molecule has 120 valence electrons. The van der Waals surface area contributed by atoms with E-state index in [9.17, 15) is 0 Å². The zero-order chi connectivity index (χ0) is 15.7. The molecule has 0 amide bonds. The molecule has 0 aliphatic heterocycles. The first-order valence-corrected chi connectivity index (χ1v) is 7.65. The minimum absolute atomic E-state index is 0.224. The van der Waals surface area contributed by atoms with Crippen molar-refractivity contribution in [3.8, 4) is 11.5 Å². The number of benzene rings is 1. The van der Waals surface area contributed by atoms with E-state index in [2.05, 4.69) is 25.2 Å². The molecule has 1 aromatic rings. The highest BCUT2D eigenvalue weighted by atomic mass is 16.5. The number of rotatable bonds is 10. The highest BCUT2D eigenvalue weighted by Gasteiger charge is 2.06. The van der Waals surface area contributed by atoms with Crippen molar-refractivity contribution in [2.75, 3.05) is 26.9 Å². The predicted octanol–water partition coefficient (Wildman–Crippen LogP) is 3.24. The largest absolute Gasteiger partial charge is 0.493 e. The molecule has 0 radical (unpaired) electrons. The van der Waals surface area contributed by atoms with Crippen LogP contribution in [0.25, 0.3) is 0 Å². The lowest BCUT2D eigenvalue weighted by atomic mass is 10.2. The van der Waals surface area contributed by atoms with Gasteiger partial charge in [-0.1, -0.05) is 19.9 Å². The second-order valence-electron chi connectivity index (χ2n) is 5.78. The molecule has 4 heteroatoms.